The summed E-state index contributed by atoms with van der Waals surface area (Å²) in [6.07, 6.45) is 0. The summed E-state index contributed by atoms with van der Waals surface area (Å²) in [5.74, 6) is 0. The predicted octanol–water partition coefficient (Wildman–Crippen LogP) is 9.02. The summed E-state index contributed by atoms with van der Waals surface area (Å²) < 4.78 is 0. The number of aryl methyl sites for hydroxylation is 1. The molecule has 3 aromatic carbocycles. The van der Waals surface area contributed by atoms with Crippen LogP contribution in [0.2, 0.25) is 0 Å². The number of rotatable bonds is 2. The van der Waals surface area contributed by atoms with E-state index in [4.69, 9.17) is 4.98 Å². The maximum absolute atomic E-state index is 4.69. The van der Waals surface area contributed by atoms with Gasteiger partial charge in [-0.25, -0.2) is 4.98 Å². The van der Waals surface area contributed by atoms with Gasteiger partial charge in [-0.15, -0.1) is 11.3 Å². The Hall–Kier alpha value is -2.91. The summed E-state index contributed by atoms with van der Waals surface area (Å²) >= 11 is 1.69. The van der Waals surface area contributed by atoms with E-state index in [1.54, 1.807) is 11.3 Å². The lowest BCUT2D eigenvalue weighted by atomic mass is 9.82. The number of H-pyrrole nitrogens is 1. The molecule has 3 heteroatoms. The summed E-state index contributed by atoms with van der Waals surface area (Å²) in [6.45, 7) is 15.7. The topological polar surface area (TPSA) is 28.7 Å². The van der Waals surface area contributed by atoms with Crippen LogP contribution in [0.25, 0.3) is 43.5 Å². The minimum Gasteiger partial charge on any atom is -0.353 e. The molecular weight excluding hydrogens is 420 g/mol. The van der Waals surface area contributed by atoms with E-state index in [2.05, 4.69) is 107 Å². The van der Waals surface area contributed by atoms with Crippen molar-refractivity contribution >= 4 is 32.9 Å². The minimum absolute atomic E-state index is 0.0903. The Morgan fingerprint density at radius 3 is 1.73 bits per heavy atom. The van der Waals surface area contributed by atoms with Crippen molar-refractivity contribution in [3.63, 3.8) is 0 Å². The Kier molecular flexibility index (Phi) is 5.02. The van der Waals surface area contributed by atoms with Crippen LogP contribution in [0.3, 0.4) is 0 Å². The lowest BCUT2D eigenvalue weighted by Crippen LogP contribution is -2.11. The molecule has 0 amide bonds. The number of aromatic amines is 1. The first kappa shape index (κ1) is 21.9. The SMILES string of the molecule is Cc1csc(-c2ccc(-c3c4cc(C(C)(C)C)ccc4cc4ccc(C(C)(C)C)cc34)[nH]2)n1. The van der Waals surface area contributed by atoms with Gasteiger partial charge in [0.05, 0.1) is 5.69 Å². The Morgan fingerprint density at radius 1 is 0.697 bits per heavy atom. The lowest BCUT2D eigenvalue weighted by Gasteiger charge is -2.22. The second-order valence-electron chi connectivity index (χ2n) is 11.2. The van der Waals surface area contributed by atoms with E-state index in [1.807, 2.05) is 6.92 Å². The average Bonchev–Trinajstić information content (AvgIpc) is 3.39. The Morgan fingerprint density at radius 2 is 1.24 bits per heavy atom. The molecule has 2 aromatic heterocycles. The molecule has 0 aliphatic rings. The van der Waals surface area contributed by atoms with E-state index in [0.29, 0.717) is 0 Å². The summed E-state index contributed by atoms with van der Waals surface area (Å²) in [5.41, 5.74) is 7.44. The summed E-state index contributed by atoms with van der Waals surface area (Å²) in [5, 5.41) is 8.28. The first-order valence-corrected chi connectivity index (χ1v) is 12.5. The van der Waals surface area contributed by atoms with Crippen molar-refractivity contribution in [2.45, 2.75) is 59.3 Å². The van der Waals surface area contributed by atoms with Gasteiger partial charge >= 0.3 is 0 Å². The van der Waals surface area contributed by atoms with E-state index in [1.165, 1.54) is 38.2 Å². The van der Waals surface area contributed by atoms with Crippen LogP contribution in [-0.4, -0.2) is 9.97 Å². The van der Waals surface area contributed by atoms with Gasteiger partial charge in [-0.2, -0.15) is 0 Å². The minimum atomic E-state index is 0.0903. The first-order valence-electron chi connectivity index (χ1n) is 11.6. The quantitative estimate of drug-likeness (QED) is 0.266. The van der Waals surface area contributed by atoms with Crippen molar-refractivity contribution in [2.24, 2.45) is 0 Å². The number of hydrogen-bond donors (Lipinski definition) is 1. The molecular formula is C30H32N2S. The lowest BCUT2D eigenvalue weighted by molar-refractivity contribution is 0.591. The van der Waals surface area contributed by atoms with Gasteiger partial charge in [0.15, 0.2) is 0 Å². The van der Waals surface area contributed by atoms with Crippen LogP contribution in [0, 0.1) is 6.92 Å². The molecule has 2 nitrogen and oxygen atoms in total. The van der Waals surface area contributed by atoms with Crippen molar-refractivity contribution < 1.29 is 0 Å². The van der Waals surface area contributed by atoms with Gasteiger partial charge in [0, 0.05) is 22.3 Å². The fraction of sp³-hybridized carbons (Fsp3) is 0.300. The molecule has 1 N–H and O–H groups in total. The molecule has 168 valence electrons. The molecule has 2 heterocycles. The van der Waals surface area contributed by atoms with Crippen molar-refractivity contribution in [1.29, 1.82) is 0 Å². The Balaban J connectivity index is 1.84. The van der Waals surface area contributed by atoms with Crippen LogP contribution in [-0.2, 0) is 10.8 Å². The molecule has 0 spiro atoms. The molecule has 5 rings (SSSR count). The van der Waals surface area contributed by atoms with Gasteiger partial charge in [0.25, 0.3) is 0 Å². The van der Waals surface area contributed by atoms with Gasteiger partial charge < -0.3 is 4.98 Å². The molecule has 0 atom stereocenters. The van der Waals surface area contributed by atoms with Gasteiger partial charge in [-0.3, -0.25) is 0 Å². The molecule has 0 fully saturated rings. The van der Waals surface area contributed by atoms with Crippen molar-refractivity contribution in [3.8, 4) is 22.0 Å². The second-order valence-corrected chi connectivity index (χ2v) is 12.1. The summed E-state index contributed by atoms with van der Waals surface area (Å²) in [6, 6.07) is 20.6. The molecule has 0 bridgehead atoms. The molecule has 0 unspecified atom stereocenters. The molecule has 5 aromatic rings. The first-order chi connectivity index (χ1) is 15.5. The number of nitrogens with one attached hydrogen (secondary N) is 1. The highest BCUT2D eigenvalue weighted by Gasteiger charge is 2.20. The van der Waals surface area contributed by atoms with Crippen LogP contribution in [0.1, 0.15) is 58.4 Å². The molecule has 0 aliphatic carbocycles. The average molecular weight is 453 g/mol. The third-order valence-corrected chi connectivity index (χ3v) is 7.49. The van der Waals surface area contributed by atoms with Crippen LogP contribution in [0.5, 0.6) is 0 Å². The number of benzene rings is 3. The molecule has 0 saturated carbocycles. The van der Waals surface area contributed by atoms with E-state index in [9.17, 15) is 0 Å². The maximum Gasteiger partial charge on any atom is 0.139 e. The summed E-state index contributed by atoms with van der Waals surface area (Å²) in [4.78, 5) is 8.40. The number of aromatic nitrogens is 2. The smallest absolute Gasteiger partial charge is 0.139 e. The van der Waals surface area contributed by atoms with Gasteiger partial charge in [-0.05, 0) is 80.8 Å². The van der Waals surface area contributed by atoms with Gasteiger partial charge in [0.2, 0.25) is 0 Å². The highest BCUT2D eigenvalue weighted by atomic mass is 32.1. The van der Waals surface area contributed by atoms with Crippen LogP contribution in [0.15, 0.2) is 60.0 Å². The van der Waals surface area contributed by atoms with Crippen molar-refractivity contribution in [2.75, 3.05) is 0 Å². The third kappa shape index (κ3) is 4.00. The zero-order chi connectivity index (χ0) is 23.5. The van der Waals surface area contributed by atoms with Gasteiger partial charge in [0.1, 0.15) is 5.01 Å². The number of hydrogen-bond acceptors (Lipinski definition) is 2. The number of fused-ring (bicyclic) bond motifs is 2. The monoisotopic (exact) mass is 452 g/mol. The molecule has 0 aliphatic heterocycles. The maximum atomic E-state index is 4.69. The normalized spacial score (nSPS) is 12.7. The zero-order valence-electron chi connectivity index (χ0n) is 20.6. The van der Waals surface area contributed by atoms with Gasteiger partial charge in [-0.1, -0.05) is 65.8 Å². The van der Waals surface area contributed by atoms with Crippen LogP contribution >= 0.6 is 11.3 Å². The molecule has 0 saturated heterocycles. The van der Waals surface area contributed by atoms with Crippen molar-refractivity contribution in [1.82, 2.24) is 9.97 Å². The van der Waals surface area contributed by atoms with Crippen molar-refractivity contribution in [3.05, 3.63) is 76.8 Å². The van der Waals surface area contributed by atoms with Crippen LogP contribution in [0.4, 0.5) is 0 Å². The second kappa shape index (κ2) is 7.56. The third-order valence-electron chi connectivity index (χ3n) is 6.49. The highest BCUT2D eigenvalue weighted by molar-refractivity contribution is 7.13. The Labute approximate surface area is 200 Å². The standard InChI is InChI=1S/C30H32N2S/c1-18-17-33-28(31-18)26-13-12-25(32-26)27-23-15-21(29(2,3)4)10-8-19(23)14-20-9-11-22(16-24(20)27)30(5,6)7/h8-17,32H,1-7H3. The molecule has 0 radical (unpaired) electrons. The van der Waals surface area contributed by atoms with E-state index in [0.717, 1.165) is 22.1 Å². The van der Waals surface area contributed by atoms with E-state index >= 15 is 0 Å². The van der Waals surface area contributed by atoms with E-state index < -0.39 is 0 Å². The number of nitrogens with zero attached hydrogens (tertiary/aromatic N) is 1. The van der Waals surface area contributed by atoms with Crippen LogP contribution < -0.4 is 0 Å². The fourth-order valence-electron chi connectivity index (χ4n) is 4.48. The summed E-state index contributed by atoms with van der Waals surface area (Å²) in [7, 11) is 0. The largest absolute Gasteiger partial charge is 0.353 e. The predicted molar refractivity (Wildman–Crippen MR) is 144 cm³/mol. The Bertz CT molecular complexity index is 1410. The number of thiazole rings is 1. The fourth-order valence-corrected chi connectivity index (χ4v) is 5.25. The van der Waals surface area contributed by atoms with E-state index in [-0.39, 0.29) is 10.8 Å². The highest BCUT2D eigenvalue weighted by Crippen LogP contribution is 2.40. The molecule has 33 heavy (non-hydrogen) atoms. The zero-order valence-corrected chi connectivity index (χ0v) is 21.4.